The molecule has 8 heteroatoms. The summed E-state index contributed by atoms with van der Waals surface area (Å²) < 4.78 is 36.6. The van der Waals surface area contributed by atoms with E-state index in [-0.39, 0.29) is 12.6 Å². The summed E-state index contributed by atoms with van der Waals surface area (Å²) in [7, 11) is -3.67. The van der Waals surface area contributed by atoms with E-state index in [9.17, 15) is 8.42 Å². The number of fused-ring (bicyclic) bond motifs is 2. The highest BCUT2D eigenvalue weighted by Gasteiger charge is 2.12. The number of nitrogen functional groups attached to an aromatic ring is 1. The van der Waals surface area contributed by atoms with Crippen LogP contribution >= 0.6 is 0 Å². The van der Waals surface area contributed by atoms with Crippen molar-refractivity contribution in [3.05, 3.63) is 71.3 Å². The zero-order chi connectivity index (χ0) is 21.0. The van der Waals surface area contributed by atoms with Crippen LogP contribution in [0, 0.1) is 5.41 Å². The molecule has 150 valence electrons. The molecule has 0 fully saturated rings. The SMILES string of the molecule is CS(=O)(=O)O.N=C(N)c1ccc2cccc(C=Cc3ccc4c(c3)OCO4)c2c1. The van der Waals surface area contributed by atoms with Crippen LogP contribution in [0.25, 0.3) is 22.9 Å². The van der Waals surface area contributed by atoms with Crippen LogP contribution in [0.5, 0.6) is 11.5 Å². The molecule has 0 bridgehead atoms. The van der Waals surface area contributed by atoms with Crippen molar-refractivity contribution in [1.82, 2.24) is 0 Å². The maximum atomic E-state index is 9.19. The van der Waals surface area contributed by atoms with Gasteiger partial charge in [0.15, 0.2) is 11.5 Å². The van der Waals surface area contributed by atoms with Crippen molar-refractivity contribution < 1.29 is 22.4 Å². The number of hydrogen-bond acceptors (Lipinski definition) is 5. The van der Waals surface area contributed by atoms with E-state index in [0.29, 0.717) is 6.26 Å². The Kier molecular flexibility index (Phi) is 5.86. The summed E-state index contributed by atoms with van der Waals surface area (Å²) in [6.07, 6.45) is 4.81. The second kappa shape index (κ2) is 8.34. The molecule has 0 saturated carbocycles. The molecule has 0 amide bonds. The highest BCUT2D eigenvalue weighted by Crippen LogP contribution is 2.33. The lowest BCUT2D eigenvalue weighted by molar-refractivity contribution is 0.174. The minimum absolute atomic E-state index is 0.0754. The van der Waals surface area contributed by atoms with Crippen LogP contribution in [0.2, 0.25) is 0 Å². The molecule has 29 heavy (non-hydrogen) atoms. The summed E-state index contributed by atoms with van der Waals surface area (Å²) >= 11 is 0. The van der Waals surface area contributed by atoms with Gasteiger partial charge in [0.05, 0.1) is 6.26 Å². The van der Waals surface area contributed by atoms with E-state index in [1.165, 1.54) is 0 Å². The fraction of sp³-hybridized carbons (Fsp3) is 0.0952. The predicted molar refractivity (Wildman–Crippen MR) is 114 cm³/mol. The van der Waals surface area contributed by atoms with Crippen molar-refractivity contribution in [2.75, 3.05) is 13.0 Å². The minimum Gasteiger partial charge on any atom is -0.454 e. The van der Waals surface area contributed by atoms with Crippen molar-refractivity contribution in [3.8, 4) is 11.5 Å². The van der Waals surface area contributed by atoms with Gasteiger partial charge in [-0.05, 0) is 40.1 Å². The molecule has 0 radical (unpaired) electrons. The molecule has 4 rings (SSSR count). The molecule has 0 atom stereocenters. The van der Waals surface area contributed by atoms with Crippen LogP contribution in [0.1, 0.15) is 16.7 Å². The summed E-state index contributed by atoms with van der Waals surface area (Å²) in [6, 6.07) is 17.8. The van der Waals surface area contributed by atoms with E-state index < -0.39 is 10.1 Å². The fourth-order valence-corrected chi connectivity index (χ4v) is 2.81. The van der Waals surface area contributed by atoms with Crippen molar-refractivity contribution in [2.24, 2.45) is 5.73 Å². The Morgan fingerprint density at radius 2 is 1.79 bits per heavy atom. The van der Waals surface area contributed by atoms with Crippen LogP contribution in [0.15, 0.2) is 54.6 Å². The third-order valence-corrected chi connectivity index (χ3v) is 4.08. The molecular weight excluding hydrogens is 392 g/mol. The Balaban J connectivity index is 0.000000431. The highest BCUT2D eigenvalue weighted by molar-refractivity contribution is 7.85. The van der Waals surface area contributed by atoms with Crippen molar-refractivity contribution in [3.63, 3.8) is 0 Å². The van der Waals surface area contributed by atoms with Crippen molar-refractivity contribution >= 4 is 38.9 Å². The number of hydrogen-bond donors (Lipinski definition) is 3. The molecule has 0 saturated heterocycles. The van der Waals surface area contributed by atoms with Crippen molar-refractivity contribution in [2.45, 2.75) is 0 Å². The Morgan fingerprint density at radius 1 is 1.07 bits per heavy atom. The molecule has 0 spiro atoms. The fourth-order valence-electron chi connectivity index (χ4n) is 2.81. The van der Waals surface area contributed by atoms with Gasteiger partial charge in [-0.2, -0.15) is 8.42 Å². The van der Waals surface area contributed by atoms with Gasteiger partial charge in [-0.3, -0.25) is 9.96 Å². The summed E-state index contributed by atoms with van der Waals surface area (Å²) in [6.45, 7) is 0.277. The molecule has 7 nitrogen and oxygen atoms in total. The van der Waals surface area contributed by atoms with Gasteiger partial charge in [0.25, 0.3) is 10.1 Å². The summed E-state index contributed by atoms with van der Waals surface area (Å²) in [5, 5.41) is 9.81. The second-order valence-corrected chi connectivity index (χ2v) is 7.84. The average molecular weight is 412 g/mol. The molecule has 0 aliphatic carbocycles. The smallest absolute Gasteiger partial charge is 0.261 e. The zero-order valence-electron chi connectivity index (χ0n) is 15.6. The van der Waals surface area contributed by atoms with Gasteiger partial charge in [-0.15, -0.1) is 0 Å². The number of rotatable bonds is 3. The quantitative estimate of drug-likeness (QED) is 0.262. The van der Waals surface area contributed by atoms with E-state index in [1.54, 1.807) is 0 Å². The Bertz CT molecular complexity index is 1190. The molecule has 1 aliphatic heterocycles. The zero-order valence-corrected chi connectivity index (χ0v) is 16.4. The normalized spacial score (nSPS) is 12.6. The lowest BCUT2D eigenvalue weighted by Crippen LogP contribution is -2.10. The van der Waals surface area contributed by atoms with Gasteiger partial charge in [-0.25, -0.2) is 0 Å². The first kappa shape index (κ1) is 20.4. The molecule has 1 heterocycles. The van der Waals surface area contributed by atoms with Gasteiger partial charge in [0, 0.05) is 5.56 Å². The van der Waals surface area contributed by atoms with Crippen molar-refractivity contribution in [1.29, 1.82) is 5.41 Å². The summed E-state index contributed by atoms with van der Waals surface area (Å²) in [4.78, 5) is 0. The molecule has 1 aliphatic rings. The maximum Gasteiger partial charge on any atom is 0.261 e. The van der Waals surface area contributed by atoms with E-state index in [2.05, 4.69) is 18.2 Å². The lowest BCUT2D eigenvalue weighted by atomic mass is 10.0. The summed E-state index contributed by atoms with van der Waals surface area (Å²) in [5.41, 5.74) is 8.46. The summed E-state index contributed by atoms with van der Waals surface area (Å²) in [5.74, 6) is 1.63. The molecule has 3 aromatic carbocycles. The van der Waals surface area contributed by atoms with E-state index in [1.807, 2.05) is 48.5 Å². The number of amidine groups is 1. The Morgan fingerprint density at radius 3 is 2.52 bits per heavy atom. The number of nitrogens with two attached hydrogens (primary N) is 1. The van der Waals surface area contributed by atoms with Crippen LogP contribution in [-0.4, -0.2) is 31.9 Å². The maximum absolute atomic E-state index is 9.19. The highest BCUT2D eigenvalue weighted by atomic mass is 32.2. The van der Waals surface area contributed by atoms with Gasteiger partial charge in [0.2, 0.25) is 6.79 Å². The Labute approximate surface area is 168 Å². The van der Waals surface area contributed by atoms with Crippen LogP contribution < -0.4 is 15.2 Å². The molecule has 4 N–H and O–H groups in total. The molecule has 3 aromatic rings. The largest absolute Gasteiger partial charge is 0.454 e. The van der Waals surface area contributed by atoms with Gasteiger partial charge < -0.3 is 15.2 Å². The number of nitrogens with one attached hydrogen (secondary N) is 1. The first-order valence-corrected chi connectivity index (χ1v) is 10.4. The Hall–Kier alpha value is -3.36. The monoisotopic (exact) mass is 412 g/mol. The van der Waals surface area contributed by atoms with Crippen LogP contribution in [-0.2, 0) is 10.1 Å². The molecule has 0 unspecified atom stereocenters. The number of ether oxygens (including phenoxy) is 2. The first-order valence-electron chi connectivity index (χ1n) is 8.58. The minimum atomic E-state index is -3.67. The topological polar surface area (TPSA) is 123 Å². The molecular formula is C21H20N2O5S. The average Bonchev–Trinajstić information content (AvgIpc) is 3.12. The van der Waals surface area contributed by atoms with E-state index >= 15 is 0 Å². The van der Waals surface area contributed by atoms with Gasteiger partial charge >= 0.3 is 0 Å². The third kappa shape index (κ3) is 5.56. The lowest BCUT2D eigenvalue weighted by Gasteiger charge is -2.05. The second-order valence-electron chi connectivity index (χ2n) is 6.38. The molecule has 0 aromatic heterocycles. The van der Waals surface area contributed by atoms with Crippen LogP contribution in [0.4, 0.5) is 0 Å². The van der Waals surface area contributed by atoms with Gasteiger partial charge in [0.1, 0.15) is 5.84 Å². The van der Waals surface area contributed by atoms with Gasteiger partial charge in [-0.1, -0.05) is 48.6 Å². The number of benzene rings is 3. The van der Waals surface area contributed by atoms with E-state index in [0.717, 1.165) is 39.0 Å². The first-order chi connectivity index (χ1) is 13.7. The van der Waals surface area contributed by atoms with E-state index in [4.69, 9.17) is 25.2 Å². The standard InChI is InChI=1S/C20H16N2O2.CH4O3S/c21-20(22)16-8-7-15-3-1-2-14(17(15)11-16)6-4-13-5-9-18-19(10-13)24-12-23-18;1-5(2,3)4/h1-11H,12H2,(H3,21,22);1H3,(H,2,3,4). The third-order valence-electron chi connectivity index (χ3n) is 4.08. The predicted octanol–water partition coefficient (Wildman–Crippen LogP) is 3.53. The van der Waals surface area contributed by atoms with Crippen LogP contribution in [0.3, 0.4) is 0 Å².